The topological polar surface area (TPSA) is 210 Å². The third-order valence-electron chi connectivity index (χ3n) is 15.7. The van der Waals surface area contributed by atoms with E-state index in [1.165, 1.54) is 64.8 Å². The maximum atomic E-state index is 14.3. The minimum atomic E-state index is -4.86. The number of aromatic nitrogens is 6. The summed E-state index contributed by atoms with van der Waals surface area (Å²) in [6.45, 7) is 5.65. The van der Waals surface area contributed by atoms with Crippen LogP contribution in [0.2, 0.25) is 10.0 Å². The number of likely N-dealkylation sites (tertiary alicyclic amines) is 2. The maximum absolute atomic E-state index is 14.3. The number of hydrogen-bond donors (Lipinski definition) is 0. The van der Waals surface area contributed by atoms with Crippen LogP contribution in [0, 0.1) is 11.8 Å². The molecule has 0 aliphatic carbocycles. The van der Waals surface area contributed by atoms with Gasteiger partial charge in [0.2, 0.25) is 23.5 Å². The smallest absolute Gasteiger partial charge is 0.452 e. The number of fused-ring (bicyclic) bond motifs is 6. The molecule has 2 fully saturated rings. The molecule has 88 heavy (non-hydrogen) atoms. The lowest BCUT2D eigenvalue weighted by Crippen LogP contribution is -2.39. The second-order valence-corrected chi connectivity index (χ2v) is 22.0. The second kappa shape index (κ2) is 27.8. The third-order valence-corrected chi connectivity index (χ3v) is 16.2. The van der Waals surface area contributed by atoms with Crippen molar-refractivity contribution in [3.05, 3.63) is 128 Å². The van der Waals surface area contributed by atoms with E-state index >= 15 is 0 Å². The van der Waals surface area contributed by atoms with E-state index in [-0.39, 0.29) is 94.3 Å². The Hall–Kier alpha value is -7.68. The average Bonchev–Trinajstić information content (AvgIpc) is 1.69. The second-order valence-electron chi connectivity index (χ2n) is 21.1. The number of halogens is 8. The Bertz CT molecular complexity index is 3270. The summed E-state index contributed by atoms with van der Waals surface area (Å²) in [5.74, 6) is -2.50. The van der Waals surface area contributed by atoms with E-state index < -0.39 is 48.4 Å². The third kappa shape index (κ3) is 14.1. The molecule has 28 heteroatoms. The first-order chi connectivity index (χ1) is 42.1. The number of ether oxygens (including phenoxy) is 8. The Labute approximate surface area is 512 Å². The maximum Gasteiger partial charge on any atom is 0.452 e. The molecule has 4 aliphatic rings. The molecule has 2 aromatic heterocycles. The van der Waals surface area contributed by atoms with Gasteiger partial charge < -0.3 is 47.7 Å². The van der Waals surface area contributed by atoms with Gasteiger partial charge in [-0.2, -0.15) is 26.3 Å². The van der Waals surface area contributed by atoms with Gasteiger partial charge in [0.05, 0.1) is 65.9 Å². The van der Waals surface area contributed by atoms with Crippen LogP contribution in [0.25, 0.3) is 11.4 Å². The highest BCUT2D eigenvalue weighted by Crippen LogP contribution is 2.50. The molecule has 0 bridgehead atoms. The number of piperidine rings is 2. The quantitative estimate of drug-likeness (QED) is 0.0651. The molecule has 4 aromatic carbocycles. The van der Waals surface area contributed by atoms with E-state index in [0.717, 1.165) is 9.13 Å². The summed E-state index contributed by atoms with van der Waals surface area (Å²) >= 11 is 12.7. The van der Waals surface area contributed by atoms with E-state index in [4.69, 9.17) is 61.1 Å². The van der Waals surface area contributed by atoms with Crippen molar-refractivity contribution < 1.29 is 83.4 Å². The van der Waals surface area contributed by atoms with E-state index in [9.17, 15) is 45.5 Å². The van der Waals surface area contributed by atoms with Crippen molar-refractivity contribution in [3.8, 4) is 34.4 Å². The Morgan fingerprint density at radius 3 is 1.23 bits per heavy atom. The van der Waals surface area contributed by atoms with Crippen LogP contribution in [-0.2, 0) is 50.5 Å². The van der Waals surface area contributed by atoms with Gasteiger partial charge in [-0.15, -0.1) is 20.4 Å². The van der Waals surface area contributed by atoms with E-state index in [2.05, 4.69) is 20.4 Å². The lowest BCUT2D eigenvalue weighted by Gasteiger charge is -2.32. The van der Waals surface area contributed by atoms with Crippen molar-refractivity contribution in [1.29, 1.82) is 0 Å². The van der Waals surface area contributed by atoms with Gasteiger partial charge in [-0.1, -0.05) is 47.5 Å². The summed E-state index contributed by atoms with van der Waals surface area (Å²) < 4.78 is 133. The van der Waals surface area contributed by atoms with Crippen LogP contribution < -0.4 is 18.9 Å². The fourth-order valence-electron chi connectivity index (χ4n) is 11.6. The number of carbonyl (C=O) groups excluding carboxylic acids is 4. The van der Waals surface area contributed by atoms with Gasteiger partial charge in [0, 0.05) is 71.3 Å². The first-order valence-corrected chi connectivity index (χ1v) is 29.1. The highest BCUT2D eigenvalue weighted by molar-refractivity contribution is 6.31. The molecular formula is C60H64Cl2F6N8O12. The predicted molar refractivity (Wildman–Crippen MR) is 304 cm³/mol. The zero-order chi connectivity index (χ0) is 63.2. The first kappa shape index (κ1) is 64.8. The van der Waals surface area contributed by atoms with Crippen molar-refractivity contribution in [2.75, 3.05) is 67.8 Å². The lowest BCUT2D eigenvalue weighted by molar-refractivity contribution is -0.147. The van der Waals surface area contributed by atoms with Gasteiger partial charge in [0.15, 0.2) is 34.6 Å². The highest BCUT2D eigenvalue weighted by atomic mass is 35.5. The summed E-state index contributed by atoms with van der Waals surface area (Å²) in [5, 5.41) is 15.3. The van der Waals surface area contributed by atoms with Crippen molar-refractivity contribution >= 4 is 47.0 Å². The van der Waals surface area contributed by atoms with Crippen LogP contribution in [-0.4, -0.2) is 131 Å². The van der Waals surface area contributed by atoms with Crippen LogP contribution >= 0.6 is 23.2 Å². The number of methoxy groups -OCH3 is 4. The van der Waals surface area contributed by atoms with E-state index in [0.29, 0.717) is 110 Å². The first-order valence-electron chi connectivity index (χ1n) is 28.3. The number of alkyl halides is 6. The van der Waals surface area contributed by atoms with Gasteiger partial charge >= 0.3 is 24.3 Å². The van der Waals surface area contributed by atoms with Gasteiger partial charge in [-0.3, -0.25) is 28.3 Å². The standard InChI is InChI=1S/2C30H32ClF3N4O6/c2*1-4-43-25(40)14-17-10-12-37(13-11-17)24(39)16-23-28-35-36-29(30(32,33)34)38(28)21-9-8-18(31)15-20(21)26(44-23)19-6-5-7-22(41-2)27(19)42-3/h2*5-9,15,17,23,26H,4,10-14,16H2,1-3H3/t2*23-,26-/m10/s1. The van der Waals surface area contributed by atoms with E-state index in [1.54, 1.807) is 60.0 Å². The number of carbonyl (C=O) groups is 4. The molecule has 20 nitrogen and oxygen atoms in total. The largest absolute Gasteiger partial charge is 0.493 e. The highest BCUT2D eigenvalue weighted by Gasteiger charge is 2.47. The lowest BCUT2D eigenvalue weighted by atomic mass is 9.93. The molecule has 6 heterocycles. The summed E-state index contributed by atoms with van der Waals surface area (Å²) in [6.07, 6.45) is -11.9. The van der Waals surface area contributed by atoms with Crippen molar-refractivity contribution in [3.63, 3.8) is 0 Å². The zero-order valence-electron chi connectivity index (χ0n) is 48.8. The molecule has 2 saturated heterocycles. The van der Waals surface area contributed by atoms with Crippen LogP contribution in [0.3, 0.4) is 0 Å². The van der Waals surface area contributed by atoms with Gasteiger partial charge in [-0.05, 0) is 99.9 Å². The molecule has 4 atom stereocenters. The van der Waals surface area contributed by atoms with Crippen molar-refractivity contribution in [2.45, 2.75) is 102 Å². The fourth-order valence-corrected chi connectivity index (χ4v) is 11.9. The van der Waals surface area contributed by atoms with E-state index in [1.807, 2.05) is 0 Å². The van der Waals surface area contributed by atoms with Crippen LogP contribution in [0.5, 0.6) is 23.0 Å². The van der Waals surface area contributed by atoms with Crippen molar-refractivity contribution in [1.82, 2.24) is 39.3 Å². The van der Waals surface area contributed by atoms with Crippen LogP contribution in [0.1, 0.15) is 135 Å². The van der Waals surface area contributed by atoms with Gasteiger partial charge in [0.1, 0.15) is 24.4 Å². The molecule has 6 aromatic rings. The van der Waals surface area contributed by atoms with Crippen molar-refractivity contribution in [2.24, 2.45) is 11.8 Å². The normalized spacial score (nSPS) is 18.7. The Morgan fingerprint density at radius 1 is 0.523 bits per heavy atom. The molecule has 2 amide bonds. The zero-order valence-corrected chi connectivity index (χ0v) is 50.3. The average molecular weight is 1270 g/mol. The molecule has 0 unspecified atom stereocenters. The molecule has 0 N–H and O–H groups in total. The fraction of sp³-hybridized carbons (Fsp3) is 0.467. The molecule has 4 aliphatic heterocycles. The Kier molecular flexibility index (Phi) is 20.5. The number of esters is 2. The predicted octanol–water partition coefficient (Wildman–Crippen LogP) is 11.4. The number of benzene rings is 4. The minimum absolute atomic E-state index is 0.0776. The van der Waals surface area contributed by atoms with Crippen LogP contribution in [0.15, 0.2) is 72.8 Å². The molecule has 10 rings (SSSR count). The monoisotopic (exact) mass is 1270 g/mol. The Morgan fingerprint density at radius 2 is 0.898 bits per heavy atom. The SMILES string of the molecule is CCOC(=O)CC1CCN(C(=O)C[C@@H]2O[C@@H](c3cccc(OC)c3OC)c3cc(Cl)ccc3-n3c2nnc3C(F)(F)F)CC1.CCOC(=O)CC1CCN(C(=O)C[C@H]2O[C@H](c3cccc(OC)c3OC)c3cc(Cl)ccc3-n3c2nnc3C(F)(F)F)CC1. The van der Waals surface area contributed by atoms with Gasteiger partial charge in [0.25, 0.3) is 0 Å². The molecule has 0 saturated carbocycles. The summed E-state index contributed by atoms with van der Waals surface area (Å²) in [6, 6.07) is 19.1. The number of para-hydroxylation sites is 2. The number of amides is 2. The molecule has 0 radical (unpaired) electrons. The number of hydrogen-bond acceptors (Lipinski definition) is 16. The molecule has 0 spiro atoms. The molecular weight excluding hydrogens is 1210 g/mol. The summed E-state index contributed by atoms with van der Waals surface area (Å²) in [7, 11) is 5.82. The van der Waals surface area contributed by atoms with Gasteiger partial charge in [-0.25, -0.2) is 0 Å². The summed E-state index contributed by atoms with van der Waals surface area (Å²) in [5.41, 5.74) is 1.72. The number of nitrogens with zero attached hydrogens (tertiary/aromatic N) is 8. The summed E-state index contributed by atoms with van der Waals surface area (Å²) in [4.78, 5) is 54.4. The number of rotatable bonds is 16. The minimum Gasteiger partial charge on any atom is -0.493 e. The van der Waals surface area contributed by atoms with Crippen LogP contribution in [0.4, 0.5) is 26.3 Å². The molecule has 472 valence electrons. The Balaban J connectivity index is 0.000000209.